The standard InChI is InChI=1S/C17H18N2O7S/c1-25-6-7-26-15-5-3-4-13(10-15)18-17(20)12-8-14(19(21)22)11-16(9-12)27(2,23)24/h3-5,8-11H,6-7H2,1-2H3,(H,18,20). The lowest BCUT2D eigenvalue weighted by molar-refractivity contribution is -0.385. The van der Waals surface area contributed by atoms with Crippen molar-refractivity contribution < 1.29 is 27.6 Å². The summed E-state index contributed by atoms with van der Waals surface area (Å²) in [7, 11) is -2.18. The Morgan fingerprint density at radius 3 is 2.56 bits per heavy atom. The van der Waals surface area contributed by atoms with E-state index in [2.05, 4.69) is 5.32 Å². The van der Waals surface area contributed by atoms with Crippen molar-refractivity contribution in [2.24, 2.45) is 0 Å². The summed E-state index contributed by atoms with van der Waals surface area (Å²) in [6, 6.07) is 9.56. The molecule has 1 N–H and O–H groups in total. The number of carbonyl (C=O) groups is 1. The van der Waals surface area contributed by atoms with Crippen molar-refractivity contribution in [2.75, 3.05) is 31.9 Å². The molecule has 0 atom stereocenters. The number of nitro benzene ring substituents is 1. The van der Waals surface area contributed by atoms with E-state index >= 15 is 0 Å². The fourth-order valence-electron chi connectivity index (χ4n) is 2.14. The van der Waals surface area contributed by atoms with Crippen LogP contribution in [0.3, 0.4) is 0 Å². The number of hydrogen-bond acceptors (Lipinski definition) is 7. The number of non-ortho nitro benzene ring substituents is 1. The third-order valence-electron chi connectivity index (χ3n) is 3.44. The molecule has 2 aromatic rings. The molecule has 0 fully saturated rings. The van der Waals surface area contributed by atoms with Gasteiger partial charge in [-0.05, 0) is 18.2 Å². The van der Waals surface area contributed by atoms with Gasteiger partial charge in [0.25, 0.3) is 11.6 Å². The van der Waals surface area contributed by atoms with Crippen LogP contribution in [0.1, 0.15) is 10.4 Å². The smallest absolute Gasteiger partial charge is 0.271 e. The highest BCUT2D eigenvalue weighted by atomic mass is 32.2. The maximum atomic E-state index is 12.5. The first-order valence-electron chi connectivity index (χ1n) is 7.73. The van der Waals surface area contributed by atoms with Gasteiger partial charge in [0.05, 0.1) is 16.4 Å². The number of nitro groups is 1. The quantitative estimate of drug-likeness (QED) is 0.414. The van der Waals surface area contributed by atoms with Gasteiger partial charge in [-0.1, -0.05) is 6.07 Å². The van der Waals surface area contributed by atoms with Crippen LogP contribution in [0, 0.1) is 10.1 Å². The van der Waals surface area contributed by atoms with Crippen molar-refractivity contribution in [3.63, 3.8) is 0 Å². The second-order valence-electron chi connectivity index (χ2n) is 5.57. The highest BCUT2D eigenvalue weighted by molar-refractivity contribution is 7.90. The molecule has 0 aliphatic rings. The molecule has 2 rings (SSSR count). The lowest BCUT2D eigenvalue weighted by Crippen LogP contribution is -2.13. The molecule has 0 aliphatic carbocycles. The van der Waals surface area contributed by atoms with E-state index in [1.54, 1.807) is 31.4 Å². The van der Waals surface area contributed by atoms with E-state index in [0.29, 0.717) is 24.7 Å². The number of carbonyl (C=O) groups excluding carboxylic acids is 1. The summed E-state index contributed by atoms with van der Waals surface area (Å²) in [5, 5.41) is 13.6. The van der Waals surface area contributed by atoms with Crippen molar-refractivity contribution in [1.82, 2.24) is 0 Å². The van der Waals surface area contributed by atoms with Crippen LogP contribution in [0.4, 0.5) is 11.4 Å². The second kappa shape index (κ2) is 8.60. The van der Waals surface area contributed by atoms with Crippen LogP contribution in [0.25, 0.3) is 0 Å². The summed E-state index contributed by atoms with van der Waals surface area (Å²) in [6.45, 7) is 0.731. The largest absolute Gasteiger partial charge is 0.491 e. The molecule has 10 heteroatoms. The van der Waals surface area contributed by atoms with Gasteiger partial charge in [-0.15, -0.1) is 0 Å². The summed E-state index contributed by atoms with van der Waals surface area (Å²) < 4.78 is 33.8. The number of methoxy groups -OCH3 is 1. The molecular weight excluding hydrogens is 376 g/mol. The summed E-state index contributed by atoms with van der Waals surface area (Å²) in [6.07, 6.45) is 0.911. The predicted octanol–water partition coefficient (Wildman–Crippen LogP) is 2.28. The highest BCUT2D eigenvalue weighted by Crippen LogP contribution is 2.23. The topological polar surface area (TPSA) is 125 Å². The Labute approximate surface area is 156 Å². The van der Waals surface area contributed by atoms with Gasteiger partial charge in [0.1, 0.15) is 12.4 Å². The number of nitrogens with one attached hydrogen (secondary N) is 1. The van der Waals surface area contributed by atoms with E-state index < -0.39 is 26.4 Å². The zero-order valence-electron chi connectivity index (χ0n) is 14.7. The van der Waals surface area contributed by atoms with Crippen molar-refractivity contribution in [3.05, 3.63) is 58.1 Å². The maximum absolute atomic E-state index is 12.5. The number of rotatable bonds is 8. The second-order valence-corrected chi connectivity index (χ2v) is 7.58. The van der Waals surface area contributed by atoms with Gasteiger partial charge in [0.2, 0.25) is 0 Å². The van der Waals surface area contributed by atoms with Gasteiger partial charge >= 0.3 is 0 Å². The van der Waals surface area contributed by atoms with E-state index in [9.17, 15) is 23.3 Å². The molecule has 0 saturated carbocycles. The summed E-state index contributed by atoms with van der Waals surface area (Å²) >= 11 is 0. The summed E-state index contributed by atoms with van der Waals surface area (Å²) in [5.41, 5.74) is -0.239. The Hall–Kier alpha value is -2.98. The predicted molar refractivity (Wildman–Crippen MR) is 98.0 cm³/mol. The van der Waals surface area contributed by atoms with E-state index in [0.717, 1.165) is 24.5 Å². The monoisotopic (exact) mass is 394 g/mol. The number of sulfone groups is 1. The van der Waals surface area contributed by atoms with Crippen LogP contribution in [0.15, 0.2) is 47.4 Å². The molecule has 0 unspecified atom stereocenters. The van der Waals surface area contributed by atoms with Crippen molar-refractivity contribution in [3.8, 4) is 5.75 Å². The third kappa shape index (κ3) is 5.76. The number of nitrogens with zero attached hydrogens (tertiary/aromatic N) is 1. The lowest BCUT2D eigenvalue weighted by Gasteiger charge is -2.09. The van der Waals surface area contributed by atoms with Gasteiger partial charge in [0.15, 0.2) is 9.84 Å². The molecule has 1 amide bonds. The minimum atomic E-state index is -3.72. The fourth-order valence-corrected chi connectivity index (χ4v) is 2.82. The van der Waals surface area contributed by atoms with Crippen molar-refractivity contribution in [1.29, 1.82) is 0 Å². The third-order valence-corrected chi connectivity index (χ3v) is 4.53. The number of anilines is 1. The molecule has 0 heterocycles. The van der Waals surface area contributed by atoms with Gasteiger partial charge < -0.3 is 14.8 Å². The first-order valence-corrected chi connectivity index (χ1v) is 9.62. The first kappa shape index (κ1) is 20.3. The molecule has 0 bridgehead atoms. The zero-order valence-corrected chi connectivity index (χ0v) is 15.5. The van der Waals surface area contributed by atoms with Gasteiger partial charge in [-0.2, -0.15) is 0 Å². The molecule has 0 aliphatic heterocycles. The van der Waals surface area contributed by atoms with Gasteiger partial charge in [0, 0.05) is 42.8 Å². The Bertz CT molecular complexity index is 958. The molecule has 2 aromatic carbocycles. The number of ether oxygens (including phenoxy) is 2. The summed E-state index contributed by atoms with van der Waals surface area (Å²) in [4.78, 5) is 22.4. The molecule has 9 nitrogen and oxygen atoms in total. The Kier molecular flexibility index (Phi) is 6.48. The zero-order chi connectivity index (χ0) is 20.0. The highest BCUT2D eigenvalue weighted by Gasteiger charge is 2.19. The molecule has 0 radical (unpaired) electrons. The number of amides is 1. The Morgan fingerprint density at radius 1 is 1.19 bits per heavy atom. The SMILES string of the molecule is COCCOc1cccc(NC(=O)c2cc([N+](=O)[O-])cc(S(C)(=O)=O)c2)c1. The van der Waals surface area contributed by atoms with Crippen LogP contribution in [0.5, 0.6) is 5.75 Å². The Morgan fingerprint density at radius 2 is 1.93 bits per heavy atom. The maximum Gasteiger partial charge on any atom is 0.271 e. The van der Waals surface area contributed by atoms with Crippen molar-refractivity contribution >= 4 is 27.1 Å². The van der Waals surface area contributed by atoms with Crippen LogP contribution >= 0.6 is 0 Å². The first-order chi connectivity index (χ1) is 12.7. The van der Waals surface area contributed by atoms with Crippen LogP contribution in [0.2, 0.25) is 0 Å². The van der Waals surface area contributed by atoms with E-state index in [1.807, 2.05) is 0 Å². The lowest BCUT2D eigenvalue weighted by atomic mass is 10.2. The minimum Gasteiger partial charge on any atom is -0.491 e. The average Bonchev–Trinajstić information content (AvgIpc) is 2.61. The molecule has 0 spiro atoms. The van der Waals surface area contributed by atoms with Crippen LogP contribution in [-0.2, 0) is 14.6 Å². The normalized spacial score (nSPS) is 11.0. The number of hydrogen-bond donors (Lipinski definition) is 1. The molecular formula is C17H18N2O7S. The van der Waals surface area contributed by atoms with Crippen molar-refractivity contribution in [2.45, 2.75) is 4.90 Å². The van der Waals surface area contributed by atoms with E-state index in [-0.39, 0.29) is 10.5 Å². The number of benzene rings is 2. The van der Waals surface area contributed by atoms with Crippen LogP contribution in [-0.4, -0.2) is 45.8 Å². The van der Waals surface area contributed by atoms with E-state index in [4.69, 9.17) is 9.47 Å². The molecule has 27 heavy (non-hydrogen) atoms. The fraction of sp³-hybridized carbons (Fsp3) is 0.235. The molecule has 0 saturated heterocycles. The minimum absolute atomic E-state index is 0.143. The molecule has 144 valence electrons. The Balaban J connectivity index is 2.26. The molecule has 0 aromatic heterocycles. The summed E-state index contributed by atoms with van der Waals surface area (Å²) in [5.74, 6) is -0.182. The van der Waals surface area contributed by atoms with Crippen LogP contribution < -0.4 is 10.1 Å². The van der Waals surface area contributed by atoms with Gasteiger partial charge in [-0.25, -0.2) is 8.42 Å². The average molecular weight is 394 g/mol. The van der Waals surface area contributed by atoms with E-state index in [1.165, 1.54) is 0 Å². The van der Waals surface area contributed by atoms with Gasteiger partial charge in [-0.3, -0.25) is 14.9 Å².